The van der Waals surface area contributed by atoms with Crippen LogP contribution in [0.25, 0.3) is 9.40 Å². The van der Waals surface area contributed by atoms with Gasteiger partial charge in [0.15, 0.2) is 0 Å². The topological polar surface area (TPSA) is 0 Å². The van der Waals surface area contributed by atoms with E-state index in [-0.39, 0.29) is 66.7 Å². The molecule has 2 heterocycles. The second-order valence-electron chi connectivity index (χ2n) is 1.74. The number of hydrogen-bond donors (Lipinski definition) is 0. The van der Waals surface area contributed by atoms with E-state index in [4.69, 9.17) is 23.2 Å². The minimum Gasteiger partial charge on any atom is -1.00 e. The van der Waals surface area contributed by atoms with Crippen LogP contribution in [0, 0.1) is 6.07 Å². The summed E-state index contributed by atoms with van der Waals surface area (Å²) in [5.74, 6) is 0. The van der Waals surface area contributed by atoms with Crippen molar-refractivity contribution in [2.24, 2.45) is 0 Å². The normalized spacial score (nSPS) is 7.86. The maximum atomic E-state index is 5.74. The van der Waals surface area contributed by atoms with Gasteiger partial charge in [-0.2, -0.15) is 11.3 Å². The summed E-state index contributed by atoms with van der Waals surface area (Å²) in [6, 6.07) is 4.91. The first-order valence-electron chi connectivity index (χ1n) is 2.52. The summed E-state index contributed by atoms with van der Waals surface area (Å²) in [5.41, 5.74) is 0. The first-order valence-corrected chi connectivity index (χ1v) is 4.91. The Labute approximate surface area is 141 Å². The van der Waals surface area contributed by atoms with Crippen molar-refractivity contribution in [3.63, 3.8) is 0 Å². The molecule has 0 spiro atoms. The Morgan fingerprint density at radius 2 is 1.71 bits per heavy atom. The largest absolute Gasteiger partial charge is 2.00 e. The molecule has 0 saturated heterocycles. The number of hydrogen-bond acceptors (Lipinski definition) is 2. The summed E-state index contributed by atoms with van der Waals surface area (Å²) < 4.78 is 3.69. The van der Waals surface area contributed by atoms with Crippen LogP contribution < -0.4 is 43.7 Å². The summed E-state index contributed by atoms with van der Waals surface area (Å²) >= 11 is 14.5. The summed E-state index contributed by atoms with van der Waals surface area (Å²) in [4.78, 5) is 0. The van der Waals surface area contributed by atoms with E-state index in [1.165, 1.54) is 22.7 Å². The zero-order valence-corrected chi connectivity index (χ0v) is 13.2. The summed E-state index contributed by atoms with van der Waals surface area (Å²) in [6.07, 6.45) is 0. The number of thiophene rings is 2. The standard InChI is InChI=1S/C6HCl2S2.2ClH.Li.Mg/c7-5-1-3-4(10-5)2-6(8)9-3;;;;/h1H;2*1H;;/q-1;;;+1;+2/p-2. The minimum atomic E-state index is 0. The Balaban J connectivity index is -0.000000302. The van der Waals surface area contributed by atoms with E-state index in [9.17, 15) is 0 Å². The van der Waals surface area contributed by atoms with Crippen LogP contribution >= 0.6 is 45.9 Å². The van der Waals surface area contributed by atoms with E-state index in [0.717, 1.165) is 13.7 Å². The molecule has 2 rings (SSSR count). The van der Waals surface area contributed by atoms with Crippen molar-refractivity contribution in [1.82, 2.24) is 0 Å². The molecule has 0 aliphatic heterocycles. The molecule has 0 amide bonds. The smallest absolute Gasteiger partial charge is 1.00 e. The van der Waals surface area contributed by atoms with Gasteiger partial charge in [0.05, 0.1) is 4.34 Å². The molecule has 14 heavy (non-hydrogen) atoms. The molecule has 0 nitrogen and oxygen atoms in total. The molecular formula is C6HCl4LiMgS2. The molecular weight excluding hydrogens is 309 g/mol. The van der Waals surface area contributed by atoms with Gasteiger partial charge in [-0.3, -0.25) is 0 Å². The van der Waals surface area contributed by atoms with Crippen LogP contribution in [0.4, 0.5) is 0 Å². The van der Waals surface area contributed by atoms with Crippen LogP contribution in [-0.4, -0.2) is 23.1 Å². The third kappa shape index (κ3) is 5.01. The molecule has 0 unspecified atom stereocenters. The molecule has 0 N–H and O–H groups in total. The van der Waals surface area contributed by atoms with Gasteiger partial charge in [-0.25, -0.2) is 17.4 Å². The van der Waals surface area contributed by atoms with Crippen molar-refractivity contribution in [2.75, 3.05) is 0 Å². The molecule has 0 radical (unpaired) electrons. The van der Waals surface area contributed by atoms with Crippen LogP contribution in [0.3, 0.4) is 0 Å². The number of halogens is 4. The maximum absolute atomic E-state index is 5.74. The average Bonchev–Trinajstić information content (AvgIpc) is 2.21. The quantitative estimate of drug-likeness (QED) is 0.337. The second-order valence-corrected chi connectivity index (χ2v) is 5.08. The fourth-order valence-corrected chi connectivity index (χ4v) is 3.27. The zero-order valence-electron chi connectivity index (χ0n) is 7.11. The first-order chi connectivity index (χ1) is 4.75. The SMILES string of the molecule is Clc1[c-]c2sc(Cl)cc2s1.[Cl-].[Cl-].[Li+].[Mg+2]. The van der Waals surface area contributed by atoms with E-state index in [1.807, 2.05) is 6.07 Å². The second kappa shape index (κ2) is 9.24. The summed E-state index contributed by atoms with van der Waals surface area (Å²) in [5, 5.41) is 0. The predicted octanol–water partition coefficient (Wildman–Crippen LogP) is -5.30. The van der Waals surface area contributed by atoms with Gasteiger partial charge < -0.3 is 24.8 Å². The van der Waals surface area contributed by atoms with Gasteiger partial charge in [0.1, 0.15) is 0 Å². The fraction of sp³-hybridized carbons (Fsp3) is 0. The van der Waals surface area contributed by atoms with Gasteiger partial charge in [-0.15, -0.1) is 9.40 Å². The van der Waals surface area contributed by atoms with Crippen molar-refractivity contribution in [1.29, 1.82) is 0 Å². The van der Waals surface area contributed by atoms with E-state index in [0.29, 0.717) is 4.34 Å². The molecule has 2 aromatic heterocycles. The van der Waals surface area contributed by atoms with Gasteiger partial charge in [0.2, 0.25) is 0 Å². The van der Waals surface area contributed by atoms with Crippen LogP contribution in [0.2, 0.25) is 8.67 Å². The number of fused-ring (bicyclic) bond motifs is 1. The Morgan fingerprint density at radius 1 is 1.14 bits per heavy atom. The van der Waals surface area contributed by atoms with E-state index in [2.05, 4.69) is 6.07 Å². The maximum Gasteiger partial charge on any atom is 2.00 e. The zero-order chi connectivity index (χ0) is 7.14. The molecule has 68 valence electrons. The van der Waals surface area contributed by atoms with Gasteiger partial charge in [0, 0.05) is 0 Å². The van der Waals surface area contributed by atoms with Gasteiger partial charge in [-0.05, 0) is 4.34 Å². The average molecular weight is 310 g/mol. The summed E-state index contributed by atoms with van der Waals surface area (Å²) in [6.45, 7) is 0. The van der Waals surface area contributed by atoms with Crippen molar-refractivity contribution in [3.05, 3.63) is 20.8 Å². The van der Waals surface area contributed by atoms with E-state index < -0.39 is 0 Å². The first kappa shape index (κ1) is 21.5. The Bertz CT molecular complexity index is 312. The van der Waals surface area contributed by atoms with Gasteiger partial charge in [-0.1, -0.05) is 29.3 Å². The van der Waals surface area contributed by atoms with E-state index in [1.54, 1.807) is 0 Å². The molecule has 8 heteroatoms. The molecule has 0 bridgehead atoms. The monoisotopic (exact) mass is 308 g/mol. The van der Waals surface area contributed by atoms with Gasteiger partial charge >= 0.3 is 41.9 Å². The van der Waals surface area contributed by atoms with Crippen molar-refractivity contribution >= 4 is 78.3 Å². The van der Waals surface area contributed by atoms with Crippen LogP contribution in [-0.2, 0) is 0 Å². The van der Waals surface area contributed by atoms with Crippen molar-refractivity contribution in [2.45, 2.75) is 0 Å². The summed E-state index contributed by atoms with van der Waals surface area (Å²) in [7, 11) is 0. The molecule has 0 aliphatic rings. The van der Waals surface area contributed by atoms with Gasteiger partial charge in [0.25, 0.3) is 0 Å². The predicted molar refractivity (Wildman–Crippen MR) is 54.3 cm³/mol. The van der Waals surface area contributed by atoms with Crippen LogP contribution in [0.5, 0.6) is 0 Å². The molecule has 0 fully saturated rings. The third-order valence-corrected chi connectivity index (χ3v) is 3.54. The van der Waals surface area contributed by atoms with E-state index >= 15 is 0 Å². The molecule has 0 aromatic carbocycles. The minimum absolute atomic E-state index is 0. The van der Waals surface area contributed by atoms with Crippen LogP contribution in [0.15, 0.2) is 6.07 Å². The Hall–Kier alpha value is 2.18. The van der Waals surface area contributed by atoms with Crippen molar-refractivity contribution < 1.29 is 43.7 Å². The third-order valence-electron chi connectivity index (χ3n) is 1.08. The molecule has 0 saturated carbocycles. The Kier molecular flexibility index (Phi) is 14.2. The number of rotatable bonds is 0. The molecule has 0 aliphatic carbocycles. The fourth-order valence-electron chi connectivity index (χ4n) is 0.720. The molecule has 0 atom stereocenters. The Morgan fingerprint density at radius 3 is 2.21 bits per heavy atom. The van der Waals surface area contributed by atoms with Crippen LogP contribution in [0.1, 0.15) is 0 Å². The molecule has 2 aromatic rings. The van der Waals surface area contributed by atoms with Crippen molar-refractivity contribution in [3.8, 4) is 0 Å².